The molecule has 1 heterocycles. The summed E-state index contributed by atoms with van der Waals surface area (Å²) >= 11 is 0. The molecule has 1 N–H and O–H groups in total. The van der Waals surface area contributed by atoms with Gasteiger partial charge in [0.15, 0.2) is 0 Å². The Kier molecular flexibility index (Phi) is 5.60. The van der Waals surface area contributed by atoms with E-state index >= 15 is 0 Å². The summed E-state index contributed by atoms with van der Waals surface area (Å²) in [5.74, 6) is 1.56. The second kappa shape index (κ2) is 7.44. The number of rotatable bonds is 6. The molecule has 1 aromatic carbocycles. The molecule has 0 aliphatic carbocycles. The Morgan fingerprint density at radius 2 is 2.29 bits per heavy atom. The third-order valence-corrected chi connectivity index (χ3v) is 4.21. The van der Waals surface area contributed by atoms with Crippen molar-refractivity contribution in [2.45, 2.75) is 32.9 Å². The lowest BCUT2D eigenvalue weighted by Crippen LogP contribution is -2.30. The average Bonchev–Trinajstić information content (AvgIpc) is 2.96. The van der Waals surface area contributed by atoms with E-state index in [0.29, 0.717) is 11.6 Å². The van der Waals surface area contributed by atoms with Crippen molar-refractivity contribution in [3.63, 3.8) is 0 Å². The third kappa shape index (κ3) is 4.20. The maximum atomic E-state index is 8.99. The number of benzene rings is 1. The zero-order chi connectivity index (χ0) is 15.2. The lowest BCUT2D eigenvalue weighted by molar-refractivity contribution is 0.264. The topological polar surface area (TPSA) is 48.3 Å². The van der Waals surface area contributed by atoms with Crippen molar-refractivity contribution in [3.05, 3.63) is 29.3 Å². The van der Waals surface area contributed by atoms with Gasteiger partial charge >= 0.3 is 0 Å². The Bertz CT molecular complexity index is 507. The van der Waals surface area contributed by atoms with Crippen molar-refractivity contribution in [1.29, 1.82) is 5.26 Å². The van der Waals surface area contributed by atoms with Crippen molar-refractivity contribution < 1.29 is 4.74 Å². The lowest BCUT2D eigenvalue weighted by atomic mass is 10.1. The highest BCUT2D eigenvalue weighted by atomic mass is 16.5. The summed E-state index contributed by atoms with van der Waals surface area (Å²) in [5.41, 5.74) is 1.73. The van der Waals surface area contributed by atoms with Gasteiger partial charge in [0.05, 0.1) is 18.7 Å². The molecule has 0 bridgehead atoms. The molecule has 0 saturated carbocycles. The van der Waals surface area contributed by atoms with Gasteiger partial charge in [0, 0.05) is 24.7 Å². The van der Waals surface area contributed by atoms with Crippen molar-refractivity contribution in [3.8, 4) is 11.8 Å². The summed E-state index contributed by atoms with van der Waals surface area (Å²) in [5, 5.41) is 12.5. The van der Waals surface area contributed by atoms with Crippen LogP contribution in [-0.2, 0) is 6.54 Å². The van der Waals surface area contributed by atoms with E-state index in [1.165, 1.54) is 19.5 Å². The van der Waals surface area contributed by atoms with Gasteiger partial charge in [-0.25, -0.2) is 0 Å². The fraction of sp³-hybridized carbons (Fsp3) is 0.588. The molecule has 1 saturated heterocycles. The minimum absolute atomic E-state index is 0.641. The number of hydrogen-bond donors (Lipinski definition) is 1. The molecule has 1 aliphatic rings. The summed E-state index contributed by atoms with van der Waals surface area (Å²) in [7, 11) is 1.67. The van der Waals surface area contributed by atoms with Crippen LogP contribution in [0.2, 0.25) is 0 Å². The molecule has 4 nitrogen and oxygen atoms in total. The molecule has 1 unspecified atom stereocenters. The van der Waals surface area contributed by atoms with Crippen LogP contribution >= 0.6 is 0 Å². The van der Waals surface area contributed by atoms with Crippen LogP contribution in [-0.4, -0.2) is 37.7 Å². The van der Waals surface area contributed by atoms with Crippen molar-refractivity contribution in [1.82, 2.24) is 10.2 Å². The van der Waals surface area contributed by atoms with Gasteiger partial charge in [0.2, 0.25) is 0 Å². The summed E-state index contributed by atoms with van der Waals surface area (Å²) in [6, 6.07) is 8.38. The lowest BCUT2D eigenvalue weighted by Gasteiger charge is -2.20. The number of nitrogens with zero attached hydrogens (tertiary/aromatic N) is 2. The van der Waals surface area contributed by atoms with Crippen LogP contribution in [0, 0.1) is 17.2 Å². The summed E-state index contributed by atoms with van der Waals surface area (Å²) in [6.45, 7) is 8.67. The van der Waals surface area contributed by atoms with Gasteiger partial charge in [0.1, 0.15) is 5.75 Å². The molecule has 0 radical (unpaired) electrons. The average molecular weight is 287 g/mol. The number of nitriles is 1. The minimum atomic E-state index is 0.641. The Hall–Kier alpha value is -1.57. The predicted octanol–water partition coefficient (Wildman–Crippen LogP) is 2.39. The Labute approximate surface area is 127 Å². The maximum absolute atomic E-state index is 8.99. The number of nitrogens with one attached hydrogen (secondary N) is 1. The number of ether oxygens (including phenoxy) is 1. The van der Waals surface area contributed by atoms with E-state index in [0.717, 1.165) is 30.3 Å². The predicted molar refractivity (Wildman–Crippen MR) is 84.2 cm³/mol. The molecule has 0 spiro atoms. The highest BCUT2D eigenvalue weighted by Crippen LogP contribution is 2.21. The van der Waals surface area contributed by atoms with Crippen LogP contribution in [0.4, 0.5) is 0 Å². The summed E-state index contributed by atoms with van der Waals surface area (Å²) in [6.07, 6.45) is 1.26. The molecular formula is C17H25N3O. The summed E-state index contributed by atoms with van der Waals surface area (Å²) in [4.78, 5) is 2.53. The molecular weight excluding hydrogens is 262 g/mol. The smallest absolute Gasteiger partial charge is 0.123 e. The van der Waals surface area contributed by atoms with Gasteiger partial charge in [0.25, 0.3) is 0 Å². The molecule has 1 atom stereocenters. The minimum Gasteiger partial charge on any atom is -0.496 e. The number of methoxy groups -OCH3 is 1. The third-order valence-electron chi connectivity index (χ3n) is 4.21. The molecule has 1 aromatic rings. The standard InChI is InChI=1S/C17H25N3O/c1-13(2)20-7-6-15(12-20)10-19-11-16-8-14(9-18)4-5-17(16)21-3/h4-5,8,13,15,19H,6-7,10-12H2,1-3H3. The maximum Gasteiger partial charge on any atom is 0.123 e. The van der Waals surface area contributed by atoms with Crippen molar-refractivity contribution in [2.24, 2.45) is 5.92 Å². The van der Waals surface area contributed by atoms with E-state index in [1.807, 2.05) is 12.1 Å². The van der Waals surface area contributed by atoms with E-state index in [-0.39, 0.29) is 0 Å². The first kappa shape index (κ1) is 15.8. The zero-order valence-electron chi connectivity index (χ0n) is 13.2. The van der Waals surface area contributed by atoms with Gasteiger partial charge in [-0.05, 0) is 57.5 Å². The molecule has 4 heteroatoms. The molecule has 21 heavy (non-hydrogen) atoms. The van der Waals surface area contributed by atoms with Crippen LogP contribution in [0.15, 0.2) is 18.2 Å². The van der Waals surface area contributed by atoms with Crippen LogP contribution in [0.25, 0.3) is 0 Å². The SMILES string of the molecule is COc1ccc(C#N)cc1CNCC1CCN(C(C)C)C1. The monoisotopic (exact) mass is 287 g/mol. The zero-order valence-corrected chi connectivity index (χ0v) is 13.2. The fourth-order valence-corrected chi connectivity index (χ4v) is 2.90. The number of likely N-dealkylation sites (tertiary alicyclic amines) is 1. The first-order valence-electron chi connectivity index (χ1n) is 7.65. The second-order valence-corrected chi connectivity index (χ2v) is 6.01. The first-order valence-corrected chi connectivity index (χ1v) is 7.65. The van der Waals surface area contributed by atoms with Crippen LogP contribution in [0.3, 0.4) is 0 Å². The Balaban J connectivity index is 1.85. The van der Waals surface area contributed by atoms with Gasteiger partial charge in [-0.15, -0.1) is 0 Å². The van der Waals surface area contributed by atoms with Gasteiger partial charge < -0.3 is 15.0 Å². The molecule has 114 valence electrons. The second-order valence-electron chi connectivity index (χ2n) is 6.01. The van der Waals surface area contributed by atoms with E-state index < -0.39 is 0 Å². The van der Waals surface area contributed by atoms with E-state index in [9.17, 15) is 0 Å². The quantitative estimate of drug-likeness (QED) is 0.873. The highest BCUT2D eigenvalue weighted by molar-refractivity contribution is 5.41. The van der Waals surface area contributed by atoms with E-state index in [1.54, 1.807) is 13.2 Å². The molecule has 0 amide bonds. The van der Waals surface area contributed by atoms with Crippen molar-refractivity contribution in [2.75, 3.05) is 26.7 Å². The van der Waals surface area contributed by atoms with Crippen LogP contribution < -0.4 is 10.1 Å². The first-order chi connectivity index (χ1) is 10.1. The van der Waals surface area contributed by atoms with Gasteiger partial charge in [-0.3, -0.25) is 0 Å². The molecule has 1 aliphatic heterocycles. The van der Waals surface area contributed by atoms with Crippen LogP contribution in [0.5, 0.6) is 5.75 Å². The van der Waals surface area contributed by atoms with E-state index in [2.05, 4.69) is 30.1 Å². The van der Waals surface area contributed by atoms with E-state index in [4.69, 9.17) is 10.00 Å². The molecule has 1 fully saturated rings. The largest absolute Gasteiger partial charge is 0.496 e. The highest BCUT2D eigenvalue weighted by Gasteiger charge is 2.23. The summed E-state index contributed by atoms with van der Waals surface area (Å²) < 4.78 is 5.36. The number of hydrogen-bond acceptors (Lipinski definition) is 4. The Morgan fingerprint density at radius 3 is 2.90 bits per heavy atom. The fourth-order valence-electron chi connectivity index (χ4n) is 2.90. The molecule has 0 aromatic heterocycles. The normalized spacial score (nSPS) is 18.9. The van der Waals surface area contributed by atoms with Gasteiger partial charge in [-0.2, -0.15) is 5.26 Å². The van der Waals surface area contributed by atoms with Crippen LogP contribution in [0.1, 0.15) is 31.4 Å². The Morgan fingerprint density at radius 1 is 1.48 bits per heavy atom. The van der Waals surface area contributed by atoms with Gasteiger partial charge in [-0.1, -0.05) is 0 Å². The van der Waals surface area contributed by atoms with Crippen molar-refractivity contribution >= 4 is 0 Å². The molecule has 2 rings (SSSR count).